The molecule has 1 atom stereocenters. The quantitative estimate of drug-likeness (QED) is 0.915. The van der Waals surface area contributed by atoms with E-state index in [-0.39, 0.29) is 6.04 Å². The first kappa shape index (κ1) is 13.5. The molecule has 4 heteroatoms. The van der Waals surface area contributed by atoms with Crippen LogP contribution < -0.4 is 10.5 Å². The van der Waals surface area contributed by atoms with Crippen LogP contribution in [0.15, 0.2) is 30.6 Å². The van der Waals surface area contributed by atoms with Gasteiger partial charge in [0.2, 0.25) is 0 Å². The molecule has 2 aromatic rings. The summed E-state index contributed by atoms with van der Waals surface area (Å²) in [5.74, 6) is 0.762. The Balaban J connectivity index is 2.10. The van der Waals surface area contributed by atoms with Crippen molar-refractivity contribution in [2.75, 3.05) is 0 Å². The SMILES string of the molecule is Cc1cc(C)cc(Oc2ncc(CC(C)N)cn2)c1. The van der Waals surface area contributed by atoms with Gasteiger partial charge in [0.15, 0.2) is 0 Å². The normalized spacial score (nSPS) is 12.2. The van der Waals surface area contributed by atoms with E-state index in [1.807, 2.05) is 32.9 Å². The Morgan fingerprint density at radius 1 is 1.11 bits per heavy atom. The molecular formula is C15H19N3O. The number of nitrogens with two attached hydrogens (primary N) is 1. The van der Waals surface area contributed by atoms with Gasteiger partial charge in [-0.3, -0.25) is 0 Å². The van der Waals surface area contributed by atoms with Crippen molar-refractivity contribution in [1.29, 1.82) is 0 Å². The van der Waals surface area contributed by atoms with E-state index in [4.69, 9.17) is 10.5 Å². The van der Waals surface area contributed by atoms with Crippen molar-refractivity contribution in [3.63, 3.8) is 0 Å². The van der Waals surface area contributed by atoms with E-state index in [0.29, 0.717) is 6.01 Å². The summed E-state index contributed by atoms with van der Waals surface area (Å²) in [6.45, 7) is 6.03. The molecule has 0 bridgehead atoms. The number of hydrogen-bond acceptors (Lipinski definition) is 4. The summed E-state index contributed by atoms with van der Waals surface area (Å²) in [6.07, 6.45) is 4.28. The number of rotatable bonds is 4. The molecule has 0 saturated carbocycles. The second kappa shape index (κ2) is 5.80. The molecule has 0 fully saturated rings. The molecule has 2 rings (SSSR count). The maximum atomic E-state index is 5.73. The van der Waals surface area contributed by atoms with E-state index in [1.54, 1.807) is 12.4 Å². The third-order valence-corrected chi connectivity index (χ3v) is 2.64. The van der Waals surface area contributed by atoms with Crippen molar-refractivity contribution < 1.29 is 4.74 Å². The van der Waals surface area contributed by atoms with Crippen molar-refractivity contribution in [3.05, 3.63) is 47.3 Å². The fourth-order valence-corrected chi connectivity index (χ4v) is 1.97. The molecular weight excluding hydrogens is 238 g/mol. The van der Waals surface area contributed by atoms with Crippen LogP contribution in [0.25, 0.3) is 0 Å². The summed E-state index contributed by atoms with van der Waals surface area (Å²) in [7, 11) is 0. The van der Waals surface area contributed by atoms with Gasteiger partial charge >= 0.3 is 6.01 Å². The second-order valence-electron chi connectivity index (χ2n) is 4.98. The highest BCUT2D eigenvalue weighted by Crippen LogP contribution is 2.20. The van der Waals surface area contributed by atoms with Crippen molar-refractivity contribution in [1.82, 2.24) is 9.97 Å². The first-order valence-electron chi connectivity index (χ1n) is 6.35. The van der Waals surface area contributed by atoms with Crippen LogP contribution in [0.5, 0.6) is 11.8 Å². The van der Waals surface area contributed by atoms with Crippen molar-refractivity contribution in [2.45, 2.75) is 33.2 Å². The van der Waals surface area contributed by atoms with Gasteiger partial charge in [-0.25, -0.2) is 9.97 Å². The maximum Gasteiger partial charge on any atom is 0.321 e. The third-order valence-electron chi connectivity index (χ3n) is 2.64. The predicted molar refractivity (Wildman–Crippen MR) is 75.4 cm³/mol. The zero-order valence-corrected chi connectivity index (χ0v) is 11.6. The number of aromatic nitrogens is 2. The highest BCUT2D eigenvalue weighted by molar-refractivity contribution is 5.34. The molecule has 1 unspecified atom stereocenters. The van der Waals surface area contributed by atoms with Crippen LogP contribution in [0.2, 0.25) is 0 Å². The fourth-order valence-electron chi connectivity index (χ4n) is 1.97. The molecule has 1 aromatic heterocycles. The van der Waals surface area contributed by atoms with Gasteiger partial charge in [0.25, 0.3) is 0 Å². The summed E-state index contributed by atoms with van der Waals surface area (Å²) >= 11 is 0. The van der Waals surface area contributed by atoms with E-state index in [2.05, 4.69) is 16.0 Å². The molecule has 1 aromatic carbocycles. The van der Waals surface area contributed by atoms with E-state index in [9.17, 15) is 0 Å². The van der Waals surface area contributed by atoms with Gasteiger partial charge in [-0.2, -0.15) is 0 Å². The Kier molecular flexibility index (Phi) is 4.12. The van der Waals surface area contributed by atoms with Crippen LogP contribution in [0.1, 0.15) is 23.6 Å². The fraction of sp³-hybridized carbons (Fsp3) is 0.333. The minimum Gasteiger partial charge on any atom is -0.424 e. The van der Waals surface area contributed by atoms with Crippen LogP contribution in [-0.4, -0.2) is 16.0 Å². The molecule has 0 saturated heterocycles. The van der Waals surface area contributed by atoms with E-state index < -0.39 is 0 Å². The minimum atomic E-state index is 0.106. The topological polar surface area (TPSA) is 61.0 Å². The zero-order chi connectivity index (χ0) is 13.8. The van der Waals surface area contributed by atoms with Crippen LogP contribution in [-0.2, 0) is 6.42 Å². The largest absolute Gasteiger partial charge is 0.424 e. The Morgan fingerprint density at radius 2 is 1.68 bits per heavy atom. The molecule has 0 spiro atoms. The maximum absolute atomic E-state index is 5.73. The average molecular weight is 257 g/mol. The van der Waals surface area contributed by atoms with Gasteiger partial charge in [0.05, 0.1) is 0 Å². The lowest BCUT2D eigenvalue weighted by molar-refractivity contribution is 0.440. The van der Waals surface area contributed by atoms with Crippen LogP contribution in [0.3, 0.4) is 0 Å². The van der Waals surface area contributed by atoms with E-state index in [1.165, 1.54) is 0 Å². The summed E-state index contributed by atoms with van der Waals surface area (Å²) in [5, 5.41) is 0. The molecule has 0 aliphatic carbocycles. The van der Waals surface area contributed by atoms with Gasteiger partial charge in [-0.1, -0.05) is 6.07 Å². The molecule has 19 heavy (non-hydrogen) atoms. The predicted octanol–water partition coefficient (Wildman–Crippen LogP) is 2.78. The van der Waals surface area contributed by atoms with E-state index >= 15 is 0 Å². The molecule has 0 amide bonds. The summed E-state index contributed by atoms with van der Waals surface area (Å²) in [5.41, 5.74) is 9.06. The number of benzene rings is 1. The van der Waals surface area contributed by atoms with Gasteiger partial charge < -0.3 is 10.5 Å². The zero-order valence-electron chi connectivity index (χ0n) is 11.6. The summed E-state index contributed by atoms with van der Waals surface area (Å²) < 4.78 is 5.65. The monoisotopic (exact) mass is 257 g/mol. The summed E-state index contributed by atoms with van der Waals surface area (Å²) in [4.78, 5) is 8.39. The Morgan fingerprint density at radius 3 is 2.21 bits per heavy atom. The third kappa shape index (κ3) is 4.03. The number of nitrogens with zero attached hydrogens (tertiary/aromatic N) is 2. The number of hydrogen-bond donors (Lipinski definition) is 1. The van der Waals surface area contributed by atoms with Crippen molar-refractivity contribution in [3.8, 4) is 11.8 Å². The minimum absolute atomic E-state index is 0.106. The molecule has 0 aliphatic heterocycles. The first-order valence-corrected chi connectivity index (χ1v) is 6.35. The van der Waals surface area contributed by atoms with Gasteiger partial charge in [-0.15, -0.1) is 0 Å². The first-order chi connectivity index (χ1) is 9.02. The molecule has 1 heterocycles. The highest BCUT2D eigenvalue weighted by Gasteiger charge is 2.04. The molecule has 0 radical (unpaired) electrons. The Bertz CT molecular complexity index is 530. The Labute approximate surface area is 113 Å². The molecule has 100 valence electrons. The number of aryl methyl sites for hydroxylation is 2. The lowest BCUT2D eigenvalue weighted by atomic mass is 10.1. The lowest BCUT2D eigenvalue weighted by Gasteiger charge is -2.07. The van der Waals surface area contributed by atoms with Gasteiger partial charge in [-0.05, 0) is 56.0 Å². The molecule has 0 aliphatic rings. The van der Waals surface area contributed by atoms with Gasteiger partial charge in [0, 0.05) is 18.4 Å². The average Bonchev–Trinajstić information content (AvgIpc) is 2.29. The molecule has 4 nitrogen and oxygen atoms in total. The highest BCUT2D eigenvalue weighted by atomic mass is 16.5. The number of ether oxygens (including phenoxy) is 1. The smallest absolute Gasteiger partial charge is 0.321 e. The van der Waals surface area contributed by atoms with Crippen LogP contribution >= 0.6 is 0 Å². The van der Waals surface area contributed by atoms with Crippen LogP contribution in [0, 0.1) is 13.8 Å². The standard InChI is InChI=1S/C15H19N3O/c1-10-4-11(2)6-14(5-10)19-15-17-8-13(9-18-15)7-12(3)16/h4-6,8-9,12H,7,16H2,1-3H3. The second-order valence-corrected chi connectivity index (χ2v) is 4.98. The lowest BCUT2D eigenvalue weighted by Crippen LogP contribution is -2.17. The van der Waals surface area contributed by atoms with Crippen molar-refractivity contribution in [2.24, 2.45) is 5.73 Å². The molecule has 2 N–H and O–H groups in total. The van der Waals surface area contributed by atoms with E-state index in [0.717, 1.165) is 28.9 Å². The van der Waals surface area contributed by atoms with Crippen LogP contribution in [0.4, 0.5) is 0 Å². The summed E-state index contributed by atoms with van der Waals surface area (Å²) in [6, 6.07) is 6.49. The van der Waals surface area contributed by atoms with Crippen molar-refractivity contribution >= 4 is 0 Å². The Hall–Kier alpha value is -1.94. The van der Waals surface area contributed by atoms with Gasteiger partial charge in [0.1, 0.15) is 5.75 Å².